The fourth-order valence-electron chi connectivity index (χ4n) is 1.38. The first-order valence-corrected chi connectivity index (χ1v) is 5.20. The van der Waals surface area contributed by atoms with E-state index in [2.05, 4.69) is 5.32 Å². The predicted molar refractivity (Wildman–Crippen MR) is 59.1 cm³/mol. The van der Waals surface area contributed by atoms with Crippen molar-refractivity contribution in [3.63, 3.8) is 0 Å². The van der Waals surface area contributed by atoms with Gasteiger partial charge in [-0.25, -0.2) is 4.39 Å². The number of hydrogen-bond donors (Lipinski definition) is 2. The molecular weight excluding hydrogens is 193 g/mol. The molecule has 0 spiro atoms. The van der Waals surface area contributed by atoms with Gasteiger partial charge in [0.05, 0.1) is 6.10 Å². The van der Waals surface area contributed by atoms with Crippen LogP contribution in [0.1, 0.15) is 32.4 Å². The number of halogens is 1. The molecule has 0 heterocycles. The van der Waals surface area contributed by atoms with Crippen molar-refractivity contribution in [2.45, 2.75) is 39.0 Å². The van der Waals surface area contributed by atoms with Crippen molar-refractivity contribution in [1.82, 2.24) is 5.32 Å². The van der Waals surface area contributed by atoms with E-state index >= 15 is 0 Å². The van der Waals surface area contributed by atoms with Crippen LogP contribution in [0.15, 0.2) is 24.3 Å². The summed E-state index contributed by atoms with van der Waals surface area (Å²) in [7, 11) is 0. The molecule has 1 aromatic rings. The van der Waals surface area contributed by atoms with Crippen molar-refractivity contribution >= 4 is 0 Å². The summed E-state index contributed by atoms with van der Waals surface area (Å²) >= 11 is 0. The molecule has 0 amide bonds. The summed E-state index contributed by atoms with van der Waals surface area (Å²) in [4.78, 5) is 0. The van der Waals surface area contributed by atoms with E-state index in [1.165, 1.54) is 12.1 Å². The Bertz CT molecular complexity index is 297. The first-order valence-electron chi connectivity index (χ1n) is 5.20. The van der Waals surface area contributed by atoms with Crippen molar-refractivity contribution < 1.29 is 9.50 Å². The van der Waals surface area contributed by atoms with Gasteiger partial charge in [-0.2, -0.15) is 0 Å². The number of benzene rings is 1. The van der Waals surface area contributed by atoms with Gasteiger partial charge in [0, 0.05) is 12.1 Å². The van der Waals surface area contributed by atoms with Gasteiger partial charge in [-0.15, -0.1) is 0 Å². The lowest BCUT2D eigenvalue weighted by Gasteiger charge is -2.22. The molecule has 2 N–H and O–H groups in total. The van der Waals surface area contributed by atoms with Crippen LogP contribution in [0, 0.1) is 5.82 Å². The van der Waals surface area contributed by atoms with Crippen LogP contribution in [-0.4, -0.2) is 17.3 Å². The molecule has 0 aromatic heterocycles. The Morgan fingerprint density at radius 1 is 1.13 bits per heavy atom. The molecule has 0 bridgehead atoms. The van der Waals surface area contributed by atoms with E-state index in [-0.39, 0.29) is 17.9 Å². The molecule has 1 aromatic carbocycles. The average Bonchev–Trinajstić information content (AvgIpc) is 2.18. The van der Waals surface area contributed by atoms with E-state index in [1.807, 2.05) is 13.8 Å². The molecule has 0 aliphatic rings. The Morgan fingerprint density at radius 3 is 2.13 bits per heavy atom. The van der Waals surface area contributed by atoms with Gasteiger partial charge in [0.1, 0.15) is 5.82 Å². The van der Waals surface area contributed by atoms with Gasteiger partial charge in [-0.3, -0.25) is 0 Å². The summed E-state index contributed by atoms with van der Waals surface area (Å²) in [6.07, 6.45) is -0.395. The SMILES string of the molecule is CC(NC(C)C(C)O)c1ccc(F)cc1. The quantitative estimate of drug-likeness (QED) is 0.800. The predicted octanol–water partition coefficient (Wildman–Crippen LogP) is 2.25. The van der Waals surface area contributed by atoms with Crippen molar-refractivity contribution in [3.8, 4) is 0 Å². The second kappa shape index (κ2) is 5.24. The van der Waals surface area contributed by atoms with Crippen LogP contribution in [0.4, 0.5) is 4.39 Å². The molecule has 3 unspecified atom stereocenters. The molecule has 3 heteroatoms. The van der Waals surface area contributed by atoms with E-state index < -0.39 is 6.10 Å². The maximum atomic E-state index is 12.7. The highest BCUT2D eigenvalue weighted by molar-refractivity contribution is 5.19. The molecule has 0 radical (unpaired) electrons. The number of aliphatic hydroxyl groups excluding tert-OH is 1. The Balaban J connectivity index is 2.61. The zero-order valence-corrected chi connectivity index (χ0v) is 9.37. The molecule has 0 fully saturated rings. The second-order valence-electron chi connectivity index (χ2n) is 3.97. The standard InChI is InChI=1S/C12H18FNO/c1-8(10(3)15)14-9(2)11-4-6-12(13)7-5-11/h4-10,14-15H,1-3H3. The largest absolute Gasteiger partial charge is 0.392 e. The highest BCUT2D eigenvalue weighted by Gasteiger charge is 2.12. The fraction of sp³-hybridized carbons (Fsp3) is 0.500. The third-order valence-corrected chi connectivity index (χ3v) is 2.61. The van der Waals surface area contributed by atoms with Crippen LogP contribution in [0.2, 0.25) is 0 Å². The molecule has 0 saturated heterocycles. The summed E-state index contributed by atoms with van der Waals surface area (Å²) in [5.41, 5.74) is 1.02. The normalized spacial score (nSPS) is 17.1. The highest BCUT2D eigenvalue weighted by atomic mass is 19.1. The van der Waals surface area contributed by atoms with Gasteiger partial charge in [-0.05, 0) is 38.5 Å². The monoisotopic (exact) mass is 211 g/mol. The lowest BCUT2D eigenvalue weighted by Crippen LogP contribution is -2.37. The summed E-state index contributed by atoms with van der Waals surface area (Å²) in [6, 6.07) is 6.52. The Kier molecular flexibility index (Phi) is 4.24. The molecule has 2 nitrogen and oxygen atoms in total. The van der Waals surface area contributed by atoms with Crippen molar-refractivity contribution in [2.24, 2.45) is 0 Å². The third kappa shape index (κ3) is 3.61. The summed E-state index contributed by atoms with van der Waals surface area (Å²) < 4.78 is 12.7. The van der Waals surface area contributed by atoms with Gasteiger partial charge >= 0.3 is 0 Å². The van der Waals surface area contributed by atoms with Gasteiger partial charge in [-0.1, -0.05) is 12.1 Å². The molecule has 84 valence electrons. The summed E-state index contributed by atoms with van der Waals surface area (Å²) in [5, 5.41) is 12.6. The van der Waals surface area contributed by atoms with Crippen LogP contribution < -0.4 is 5.32 Å². The minimum absolute atomic E-state index is 0.0186. The maximum absolute atomic E-state index is 12.7. The smallest absolute Gasteiger partial charge is 0.123 e. The first kappa shape index (κ1) is 12.1. The maximum Gasteiger partial charge on any atom is 0.123 e. The number of nitrogens with one attached hydrogen (secondary N) is 1. The van der Waals surface area contributed by atoms with Crippen molar-refractivity contribution in [1.29, 1.82) is 0 Å². The Labute approximate surface area is 90.1 Å². The van der Waals surface area contributed by atoms with Crippen LogP contribution in [0.25, 0.3) is 0 Å². The van der Waals surface area contributed by atoms with E-state index in [9.17, 15) is 9.50 Å². The zero-order chi connectivity index (χ0) is 11.4. The van der Waals surface area contributed by atoms with Gasteiger partial charge in [0.15, 0.2) is 0 Å². The van der Waals surface area contributed by atoms with Crippen molar-refractivity contribution in [2.75, 3.05) is 0 Å². The van der Waals surface area contributed by atoms with Gasteiger partial charge in [0.2, 0.25) is 0 Å². The lowest BCUT2D eigenvalue weighted by molar-refractivity contribution is 0.147. The molecule has 15 heavy (non-hydrogen) atoms. The molecular formula is C12H18FNO. The van der Waals surface area contributed by atoms with Crippen LogP contribution in [0.3, 0.4) is 0 Å². The molecule has 0 saturated carbocycles. The summed E-state index contributed by atoms with van der Waals surface area (Å²) in [6.45, 7) is 5.66. The second-order valence-corrected chi connectivity index (χ2v) is 3.97. The fourth-order valence-corrected chi connectivity index (χ4v) is 1.38. The van der Waals surface area contributed by atoms with E-state index in [0.29, 0.717) is 0 Å². The molecule has 3 atom stereocenters. The Hall–Kier alpha value is -0.930. The van der Waals surface area contributed by atoms with E-state index in [1.54, 1.807) is 19.1 Å². The van der Waals surface area contributed by atoms with Crippen LogP contribution in [0.5, 0.6) is 0 Å². The molecule has 1 rings (SSSR count). The van der Waals surface area contributed by atoms with E-state index in [4.69, 9.17) is 0 Å². The lowest BCUT2D eigenvalue weighted by atomic mass is 10.1. The van der Waals surface area contributed by atoms with Gasteiger partial charge in [0.25, 0.3) is 0 Å². The summed E-state index contributed by atoms with van der Waals surface area (Å²) in [5.74, 6) is -0.227. The molecule has 0 aliphatic heterocycles. The zero-order valence-electron chi connectivity index (χ0n) is 9.37. The van der Waals surface area contributed by atoms with Crippen LogP contribution >= 0.6 is 0 Å². The average molecular weight is 211 g/mol. The number of hydrogen-bond acceptors (Lipinski definition) is 2. The number of rotatable bonds is 4. The van der Waals surface area contributed by atoms with E-state index in [0.717, 1.165) is 5.56 Å². The molecule has 0 aliphatic carbocycles. The Morgan fingerprint density at radius 2 is 1.67 bits per heavy atom. The van der Waals surface area contributed by atoms with Crippen molar-refractivity contribution in [3.05, 3.63) is 35.6 Å². The van der Waals surface area contributed by atoms with Gasteiger partial charge < -0.3 is 10.4 Å². The minimum atomic E-state index is -0.395. The number of aliphatic hydroxyl groups is 1. The topological polar surface area (TPSA) is 32.3 Å². The minimum Gasteiger partial charge on any atom is -0.392 e. The first-order chi connectivity index (χ1) is 7.00. The van der Waals surface area contributed by atoms with Crippen LogP contribution in [-0.2, 0) is 0 Å². The third-order valence-electron chi connectivity index (χ3n) is 2.61. The highest BCUT2D eigenvalue weighted by Crippen LogP contribution is 2.13.